The van der Waals surface area contributed by atoms with Crippen LogP contribution in [0.3, 0.4) is 0 Å². The summed E-state index contributed by atoms with van der Waals surface area (Å²) in [6, 6.07) is 13.0. The fourth-order valence-electron chi connectivity index (χ4n) is 3.05. The van der Waals surface area contributed by atoms with Crippen LogP contribution in [0.15, 0.2) is 53.7 Å². The summed E-state index contributed by atoms with van der Waals surface area (Å²) in [4.78, 5) is 4.57. The molecule has 2 heterocycles. The van der Waals surface area contributed by atoms with E-state index in [4.69, 9.17) is 0 Å². The quantitative estimate of drug-likeness (QED) is 0.165. The third-order valence-electron chi connectivity index (χ3n) is 4.58. The van der Waals surface area contributed by atoms with E-state index in [-0.39, 0.29) is 30.6 Å². The molecule has 3 rings (SSSR count). The number of alkyl halides is 3. The zero-order valence-electron chi connectivity index (χ0n) is 18.3. The molecule has 1 aromatic carbocycles. The Morgan fingerprint density at radius 1 is 1.06 bits per heavy atom. The fourth-order valence-corrected chi connectivity index (χ4v) is 3.05. The van der Waals surface area contributed by atoms with Crippen LogP contribution < -0.4 is 10.6 Å². The van der Waals surface area contributed by atoms with Crippen LogP contribution in [0.1, 0.15) is 30.3 Å². The number of aromatic nitrogens is 3. The number of aliphatic imine (C=N–C) groups is 1. The minimum absolute atomic E-state index is 0. The molecule has 0 atom stereocenters. The van der Waals surface area contributed by atoms with Crippen molar-refractivity contribution in [2.24, 2.45) is 4.99 Å². The number of benzene rings is 1. The first kappa shape index (κ1) is 26.8. The van der Waals surface area contributed by atoms with Gasteiger partial charge in [-0.3, -0.25) is 4.40 Å². The Hall–Kier alpha value is -2.41. The van der Waals surface area contributed by atoms with E-state index in [1.807, 2.05) is 47.9 Å². The van der Waals surface area contributed by atoms with Gasteiger partial charge in [-0.25, -0.2) is 4.99 Å². The lowest BCUT2D eigenvalue weighted by atomic mass is 10.1. The zero-order valence-corrected chi connectivity index (χ0v) is 20.6. The topological polar surface area (TPSA) is 75.8 Å². The van der Waals surface area contributed by atoms with Gasteiger partial charge in [0.05, 0.1) is 13.2 Å². The number of hydrogen-bond acceptors (Lipinski definition) is 4. The first-order valence-corrected chi connectivity index (χ1v) is 10.5. The Bertz CT molecular complexity index is 1010. The highest BCUT2D eigenvalue weighted by Crippen LogP contribution is 2.16. The second-order valence-corrected chi connectivity index (χ2v) is 7.20. The Kier molecular flexibility index (Phi) is 10.8. The van der Waals surface area contributed by atoms with Crippen molar-refractivity contribution in [3.63, 3.8) is 0 Å². The van der Waals surface area contributed by atoms with Gasteiger partial charge in [0.15, 0.2) is 11.6 Å². The summed E-state index contributed by atoms with van der Waals surface area (Å²) in [5.74, 6) is 1.62. The monoisotopic (exact) mass is 576 g/mol. The molecule has 2 N–H and O–H groups in total. The zero-order chi connectivity index (χ0) is 22.8. The maximum atomic E-state index is 12.1. The highest BCUT2D eigenvalue weighted by molar-refractivity contribution is 14.0. The van der Waals surface area contributed by atoms with Crippen LogP contribution in [0.2, 0.25) is 0 Å². The number of hydrogen-bond donors (Lipinski definition) is 2. The molecule has 180 valence electrons. The largest absolute Gasteiger partial charge is 0.411 e. The Balaban J connectivity index is 0.00000385. The second kappa shape index (κ2) is 13.3. The van der Waals surface area contributed by atoms with Crippen molar-refractivity contribution in [2.75, 3.05) is 19.7 Å². The molecule has 0 amide bonds. The van der Waals surface area contributed by atoms with Crippen molar-refractivity contribution < 1.29 is 17.9 Å². The lowest BCUT2D eigenvalue weighted by Crippen LogP contribution is -2.37. The molecule has 0 aliphatic carbocycles. The van der Waals surface area contributed by atoms with Crippen molar-refractivity contribution in [3.8, 4) is 0 Å². The molecule has 2 aromatic heterocycles. The van der Waals surface area contributed by atoms with Gasteiger partial charge in [-0.1, -0.05) is 30.3 Å². The molecule has 33 heavy (non-hydrogen) atoms. The normalized spacial score (nSPS) is 11.9. The van der Waals surface area contributed by atoms with Crippen LogP contribution in [0.4, 0.5) is 13.2 Å². The molecule has 0 bridgehead atoms. The van der Waals surface area contributed by atoms with Gasteiger partial charge in [0.1, 0.15) is 12.4 Å². The molecule has 0 aliphatic heterocycles. The van der Waals surface area contributed by atoms with E-state index in [0.29, 0.717) is 18.1 Å². The number of rotatable bonds is 10. The van der Waals surface area contributed by atoms with E-state index in [9.17, 15) is 13.2 Å². The summed E-state index contributed by atoms with van der Waals surface area (Å²) in [6.07, 6.45) is -0.701. The number of fused-ring (bicyclic) bond motifs is 1. The van der Waals surface area contributed by atoms with Gasteiger partial charge in [0.25, 0.3) is 0 Å². The van der Waals surface area contributed by atoms with E-state index < -0.39 is 12.8 Å². The lowest BCUT2D eigenvalue weighted by Gasteiger charge is -2.11. The maximum absolute atomic E-state index is 12.1. The fraction of sp³-hybridized carbons (Fsp3) is 0.409. The third kappa shape index (κ3) is 9.16. The SMILES string of the molecule is CCNC(=NCc1ccc(COCC(F)(F)F)cc1)NCCCc1nnc2ccccn12.I. The summed E-state index contributed by atoms with van der Waals surface area (Å²) in [7, 11) is 0. The molecule has 0 fully saturated rings. The van der Waals surface area contributed by atoms with E-state index >= 15 is 0 Å². The number of guanidine groups is 1. The van der Waals surface area contributed by atoms with Crippen molar-refractivity contribution in [3.05, 3.63) is 65.6 Å². The molecule has 3 aromatic rings. The van der Waals surface area contributed by atoms with Crippen molar-refractivity contribution in [1.82, 2.24) is 25.2 Å². The van der Waals surface area contributed by atoms with E-state index in [1.54, 1.807) is 12.1 Å². The van der Waals surface area contributed by atoms with Gasteiger partial charge in [-0.2, -0.15) is 13.2 Å². The summed E-state index contributed by atoms with van der Waals surface area (Å²) in [5.41, 5.74) is 2.48. The molecular formula is C22H28F3IN6O. The Morgan fingerprint density at radius 3 is 2.55 bits per heavy atom. The van der Waals surface area contributed by atoms with E-state index in [2.05, 4.69) is 30.6 Å². The van der Waals surface area contributed by atoms with Crippen LogP contribution in [-0.4, -0.2) is 46.4 Å². The molecule has 0 radical (unpaired) electrons. The van der Waals surface area contributed by atoms with Crippen LogP contribution >= 0.6 is 24.0 Å². The van der Waals surface area contributed by atoms with Gasteiger partial charge in [-0.05, 0) is 36.6 Å². The van der Waals surface area contributed by atoms with Crippen molar-refractivity contribution in [2.45, 2.75) is 39.1 Å². The van der Waals surface area contributed by atoms with Gasteiger partial charge >= 0.3 is 6.18 Å². The van der Waals surface area contributed by atoms with Gasteiger partial charge in [0, 0.05) is 25.7 Å². The van der Waals surface area contributed by atoms with E-state index in [1.165, 1.54) is 0 Å². The summed E-state index contributed by atoms with van der Waals surface area (Å²) in [6.45, 7) is 2.58. The average Bonchev–Trinajstić information content (AvgIpc) is 3.18. The van der Waals surface area contributed by atoms with E-state index in [0.717, 1.165) is 43.0 Å². The molecule has 11 heteroatoms. The molecule has 0 spiro atoms. The molecule has 0 aliphatic rings. The molecule has 7 nitrogen and oxygen atoms in total. The minimum atomic E-state index is -4.31. The highest BCUT2D eigenvalue weighted by atomic mass is 127. The minimum Gasteiger partial charge on any atom is -0.367 e. The number of nitrogens with one attached hydrogen (secondary N) is 2. The van der Waals surface area contributed by atoms with Crippen molar-refractivity contribution in [1.29, 1.82) is 0 Å². The van der Waals surface area contributed by atoms with Crippen LogP contribution in [0, 0.1) is 0 Å². The van der Waals surface area contributed by atoms with Crippen LogP contribution in [-0.2, 0) is 24.3 Å². The third-order valence-corrected chi connectivity index (χ3v) is 4.58. The highest BCUT2D eigenvalue weighted by Gasteiger charge is 2.27. The number of nitrogens with zero attached hydrogens (tertiary/aromatic N) is 4. The lowest BCUT2D eigenvalue weighted by molar-refractivity contribution is -0.176. The molecular weight excluding hydrogens is 548 g/mol. The smallest absolute Gasteiger partial charge is 0.367 e. The summed E-state index contributed by atoms with van der Waals surface area (Å²) >= 11 is 0. The predicted molar refractivity (Wildman–Crippen MR) is 132 cm³/mol. The number of pyridine rings is 1. The molecule has 0 saturated carbocycles. The Morgan fingerprint density at radius 2 is 1.82 bits per heavy atom. The second-order valence-electron chi connectivity index (χ2n) is 7.20. The van der Waals surface area contributed by atoms with Crippen LogP contribution in [0.25, 0.3) is 5.65 Å². The first-order valence-electron chi connectivity index (χ1n) is 10.5. The molecule has 0 saturated heterocycles. The summed E-state index contributed by atoms with van der Waals surface area (Å²) in [5, 5.41) is 14.9. The molecule has 0 unspecified atom stereocenters. The average molecular weight is 576 g/mol. The predicted octanol–water partition coefficient (Wildman–Crippen LogP) is 4.11. The number of ether oxygens (including phenoxy) is 1. The number of aryl methyl sites for hydroxylation is 1. The first-order chi connectivity index (χ1) is 15.4. The standard InChI is InChI=1S/C22H27F3N6O.HI/c1-2-26-21(27-12-5-7-20-30-29-19-6-3-4-13-31(19)20)28-14-17-8-10-18(11-9-17)15-32-16-22(23,24)25;/h3-4,6,8-11,13H,2,5,7,12,14-16H2,1H3,(H2,26,27,28);1H. The van der Waals surface area contributed by atoms with Gasteiger partial charge < -0.3 is 15.4 Å². The summed E-state index contributed by atoms with van der Waals surface area (Å²) < 4.78 is 43.1. The maximum Gasteiger partial charge on any atom is 0.411 e. The number of halogens is 4. The van der Waals surface area contributed by atoms with Gasteiger partial charge in [0.2, 0.25) is 0 Å². The Labute approximate surface area is 207 Å². The van der Waals surface area contributed by atoms with Crippen LogP contribution in [0.5, 0.6) is 0 Å². The van der Waals surface area contributed by atoms with Gasteiger partial charge in [-0.15, -0.1) is 34.2 Å². The van der Waals surface area contributed by atoms with Crippen molar-refractivity contribution >= 4 is 35.6 Å².